The van der Waals surface area contributed by atoms with Gasteiger partial charge in [0.25, 0.3) is 0 Å². The molecule has 7 heteroatoms. The molecule has 0 aliphatic carbocycles. The molecule has 0 aromatic heterocycles. The molecule has 2 N–H and O–H groups in total. The van der Waals surface area contributed by atoms with Crippen molar-refractivity contribution in [3.63, 3.8) is 0 Å². The molecule has 4 aromatic carbocycles. The van der Waals surface area contributed by atoms with Gasteiger partial charge in [-0.25, -0.2) is 0 Å². The maximum atomic E-state index is 12.2. The summed E-state index contributed by atoms with van der Waals surface area (Å²) in [6, 6.07) is 29.5. The number of hydrogen-bond acceptors (Lipinski definition) is 3. The van der Waals surface area contributed by atoms with Gasteiger partial charge in [-0.2, -0.15) is 0 Å². The smallest absolute Gasteiger partial charge is 0.248 e. The molecule has 5 nitrogen and oxygen atoms in total. The van der Waals surface area contributed by atoms with Gasteiger partial charge in [0.1, 0.15) is 11.5 Å². The number of amides is 2. The van der Waals surface area contributed by atoms with Crippen molar-refractivity contribution in [2.45, 2.75) is 0 Å². The predicted octanol–water partition coefficient (Wildman–Crippen LogP) is 8.31. The summed E-state index contributed by atoms with van der Waals surface area (Å²) in [4.78, 5) is 24.4. The highest BCUT2D eigenvalue weighted by atomic mass is 79.9. The highest BCUT2D eigenvalue weighted by Crippen LogP contribution is 2.24. The number of hydrogen-bond donors (Lipinski definition) is 2. The van der Waals surface area contributed by atoms with Crippen molar-refractivity contribution in [3.05, 3.63) is 129 Å². The fraction of sp³-hybridized carbons (Fsp3) is 0. The average Bonchev–Trinajstić information content (AvgIpc) is 2.90. The van der Waals surface area contributed by atoms with Crippen LogP contribution in [0.2, 0.25) is 0 Å². The Kier molecular flexibility index (Phi) is 9.08. The Morgan fingerprint density at radius 3 is 1.24 bits per heavy atom. The second-order valence-electron chi connectivity index (χ2n) is 7.90. The molecular formula is C30H22Br2N2O3. The van der Waals surface area contributed by atoms with Gasteiger partial charge in [-0.05, 0) is 96.1 Å². The normalized spacial score (nSPS) is 11.0. The first kappa shape index (κ1) is 26.1. The Morgan fingerprint density at radius 1 is 0.541 bits per heavy atom. The molecular weight excluding hydrogens is 596 g/mol. The van der Waals surface area contributed by atoms with Crippen molar-refractivity contribution < 1.29 is 14.3 Å². The summed E-state index contributed by atoms with van der Waals surface area (Å²) < 4.78 is 7.84. The third kappa shape index (κ3) is 8.59. The van der Waals surface area contributed by atoms with Crippen molar-refractivity contribution in [1.82, 2.24) is 0 Å². The minimum absolute atomic E-state index is 0.221. The molecule has 4 aromatic rings. The van der Waals surface area contributed by atoms with E-state index in [2.05, 4.69) is 42.5 Å². The highest BCUT2D eigenvalue weighted by molar-refractivity contribution is 9.10. The number of anilines is 2. The second kappa shape index (κ2) is 12.9. The van der Waals surface area contributed by atoms with Crippen LogP contribution < -0.4 is 15.4 Å². The maximum Gasteiger partial charge on any atom is 0.248 e. The van der Waals surface area contributed by atoms with Crippen LogP contribution >= 0.6 is 31.9 Å². The van der Waals surface area contributed by atoms with Gasteiger partial charge in [0.2, 0.25) is 11.8 Å². The van der Waals surface area contributed by atoms with Crippen LogP contribution in [-0.4, -0.2) is 11.8 Å². The zero-order chi connectivity index (χ0) is 26.0. The van der Waals surface area contributed by atoms with Gasteiger partial charge in [0.05, 0.1) is 0 Å². The number of ether oxygens (including phenoxy) is 1. The van der Waals surface area contributed by atoms with E-state index in [1.807, 2.05) is 48.5 Å². The van der Waals surface area contributed by atoms with Crippen molar-refractivity contribution in [3.8, 4) is 11.5 Å². The maximum absolute atomic E-state index is 12.2. The number of benzene rings is 4. The Morgan fingerprint density at radius 2 is 0.892 bits per heavy atom. The molecule has 0 saturated carbocycles. The lowest BCUT2D eigenvalue weighted by molar-refractivity contribution is -0.112. The fourth-order valence-corrected chi connectivity index (χ4v) is 3.74. The molecule has 0 atom stereocenters. The van der Waals surface area contributed by atoms with E-state index in [-0.39, 0.29) is 11.8 Å². The van der Waals surface area contributed by atoms with Gasteiger partial charge in [0.15, 0.2) is 0 Å². The summed E-state index contributed by atoms with van der Waals surface area (Å²) in [5.41, 5.74) is 3.19. The third-order valence-electron chi connectivity index (χ3n) is 5.07. The van der Waals surface area contributed by atoms with Crippen LogP contribution in [0.15, 0.2) is 118 Å². The van der Waals surface area contributed by atoms with Crippen LogP contribution in [-0.2, 0) is 9.59 Å². The van der Waals surface area contributed by atoms with Gasteiger partial charge in [-0.3, -0.25) is 9.59 Å². The molecule has 4 rings (SSSR count). The van der Waals surface area contributed by atoms with Crippen molar-refractivity contribution in [1.29, 1.82) is 0 Å². The molecule has 2 amide bonds. The topological polar surface area (TPSA) is 67.4 Å². The number of carbonyl (C=O) groups excluding carboxylic acids is 2. The monoisotopic (exact) mass is 616 g/mol. The van der Waals surface area contributed by atoms with E-state index >= 15 is 0 Å². The summed E-state index contributed by atoms with van der Waals surface area (Å²) in [7, 11) is 0. The molecule has 0 heterocycles. The highest BCUT2D eigenvalue weighted by Gasteiger charge is 2.03. The molecule has 0 unspecified atom stereocenters. The lowest BCUT2D eigenvalue weighted by atomic mass is 10.2. The van der Waals surface area contributed by atoms with E-state index in [4.69, 9.17) is 4.74 Å². The quantitative estimate of drug-likeness (QED) is 0.195. The van der Waals surface area contributed by atoms with Crippen molar-refractivity contribution in [2.75, 3.05) is 10.6 Å². The molecule has 0 fully saturated rings. The number of nitrogens with one attached hydrogen (secondary N) is 2. The summed E-state index contributed by atoms with van der Waals surface area (Å²) >= 11 is 6.78. The molecule has 0 radical (unpaired) electrons. The summed E-state index contributed by atoms with van der Waals surface area (Å²) in [6.45, 7) is 0. The van der Waals surface area contributed by atoms with Crippen LogP contribution in [0.1, 0.15) is 11.1 Å². The minimum Gasteiger partial charge on any atom is -0.457 e. The van der Waals surface area contributed by atoms with Gasteiger partial charge in [-0.1, -0.05) is 56.1 Å². The van der Waals surface area contributed by atoms with Crippen LogP contribution in [0.5, 0.6) is 11.5 Å². The van der Waals surface area contributed by atoms with Gasteiger partial charge < -0.3 is 15.4 Å². The van der Waals surface area contributed by atoms with Crippen molar-refractivity contribution >= 4 is 67.2 Å². The average molecular weight is 618 g/mol. The number of rotatable bonds is 8. The zero-order valence-corrected chi connectivity index (χ0v) is 22.7. The largest absolute Gasteiger partial charge is 0.457 e. The number of carbonyl (C=O) groups is 2. The summed E-state index contributed by atoms with van der Waals surface area (Å²) in [5, 5.41) is 5.65. The molecule has 37 heavy (non-hydrogen) atoms. The standard InChI is InChI=1S/C30H22Br2N2O3/c31-23-7-1-21(2-8-23)5-19-29(35)33-25-11-15-27(16-12-25)37-28-17-13-26(14-18-28)34-30(36)20-6-22-3-9-24(32)10-4-22/h1-20H,(H,33,35)(H,34,36). The van der Waals surface area contributed by atoms with E-state index in [0.29, 0.717) is 22.9 Å². The Hall–Kier alpha value is -3.94. The molecule has 0 aliphatic heterocycles. The van der Waals surface area contributed by atoms with Crippen LogP contribution in [0.4, 0.5) is 11.4 Å². The zero-order valence-electron chi connectivity index (χ0n) is 19.5. The molecule has 184 valence electrons. The van der Waals surface area contributed by atoms with E-state index < -0.39 is 0 Å². The van der Waals surface area contributed by atoms with E-state index in [1.54, 1.807) is 60.7 Å². The minimum atomic E-state index is -0.221. The number of halogens is 2. The third-order valence-corrected chi connectivity index (χ3v) is 6.13. The molecule has 0 aliphatic rings. The summed E-state index contributed by atoms with van der Waals surface area (Å²) in [6.07, 6.45) is 6.49. The van der Waals surface area contributed by atoms with Gasteiger partial charge in [-0.15, -0.1) is 0 Å². The van der Waals surface area contributed by atoms with Gasteiger partial charge in [0, 0.05) is 32.5 Å². The van der Waals surface area contributed by atoms with E-state index in [9.17, 15) is 9.59 Å². The summed E-state index contributed by atoms with van der Waals surface area (Å²) in [5.74, 6) is 0.803. The van der Waals surface area contributed by atoms with E-state index in [0.717, 1.165) is 20.1 Å². The lowest BCUT2D eigenvalue weighted by Gasteiger charge is -2.08. The first-order valence-corrected chi connectivity index (χ1v) is 12.9. The molecule has 0 bridgehead atoms. The molecule has 0 saturated heterocycles. The van der Waals surface area contributed by atoms with Gasteiger partial charge >= 0.3 is 0 Å². The SMILES string of the molecule is O=C(C=Cc1ccc(Br)cc1)Nc1ccc(Oc2ccc(NC(=O)C=Cc3ccc(Br)cc3)cc2)cc1. The Balaban J connectivity index is 1.26. The Bertz CT molecular complexity index is 1300. The Labute approximate surface area is 232 Å². The van der Waals surface area contributed by atoms with Crippen LogP contribution in [0, 0.1) is 0 Å². The first-order chi connectivity index (χ1) is 17.9. The molecule has 0 spiro atoms. The van der Waals surface area contributed by atoms with Crippen LogP contribution in [0.3, 0.4) is 0 Å². The first-order valence-electron chi connectivity index (χ1n) is 11.3. The lowest BCUT2D eigenvalue weighted by Crippen LogP contribution is -2.07. The fourth-order valence-electron chi connectivity index (χ4n) is 3.21. The van der Waals surface area contributed by atoms with Crippen molar-refractivity contribution in [2.24, 2.45) is 0 Å². The second-order valence-corrected chi connectivity index (χ2v) is 9.73. The van der Waals surface area contributed by atoms with E-state index in [1.165, 1.54) is 12.2 Å². The van der Waals surface area contributed by atoms with Crippen LogP contribution in [0.25, 0.3) is 12.2 Å². The predicted molar refractivity (Wildman–Crippen MR) is 157 cm³/mol.